The minimum atomic E-state index is -1.27. The monoisotopic (exact) mass is 761 g/mol. The zero-order valence-electron chi connectivity index (χ0n) is 30.4. The molecule has 0 radical (unpaired) electrons. The van der Waals surface area contributed by atoms with E-state index in [4.69, 9.17) is 4.74 Å². The van der Waals surface area contributed by atoms with Crippen molar-refractivity contribution < 1.29 is 43.1 Å². The molecule has 0 aromatic carbocycles. The molecule has 4 N–H and O–H groups in total. The third-order valence-corrected chi connectivity index (χ3v) is 12.1. The molecule has 1 aliphatic carbocycles. The fraction of sp³-hybridized carbons (Fsp3) is 0.667. The van der Waals surface area contributed by atoms with Crippen LogP contribution in [-0.4, -0.2) is 99.0 Å². The van der Waals surface area contributed by atoms with E-state index in [-0.39, 0.29) is 53.1 Å². The molecule has 6 bridgehead atoms. The van der Waals surface area contributed by atoms with Crippen LogP contribution in [0.25, 0.3) is 0 Å². The van der Waals surface area contributed by atoms with Gasteiger partial charge in [-0.1, -0.05) is 51.6 Å². The lowest BCUT2D eigenvalue weighted by Gasteiger charge is -2.30. The maximum Gasteiger partial charge on any atom is 0.329 e. The standard InChI is InChI=1S/C36H51N5O9S2/c1-6-24-31(44)40-30(20(4)5)35(48)50-23-9-7-8-14-51-26-16-28(43)41(34(26)47)17-21-10-12-22(13-11-21)36(49)52-18-25(32(45)37-24)38-33(46)29(19(2)3)39-27(42)15-23/h6-7,9,19-23,25-26,29-30H,8,10-18H2,1-5H3,(H,37,45)(H,38,46)(H,39,42)(H,40,44)/b9-7+,24-6+/t21?,22?,23-,25+,26?,29+,30-/m0/s1. The number of fused-ring (bicyclic) bond motifs is 7. The first-order valence-electron chi connectivity index (χ1n) is 18.1. The van der Waals surface area contributed by atoms with Crippen LogP contribution in [0.15, 0.2) is 23.9 Å². The van der Waals surface area contributed by atoms with Gasteiger partial charge in [-0.2, -0.15) is 0 Å². The molecular formula is C36H51N5O9S2. The van der Waals surface area contributed by atoms with Crippen molar-refractivity contribution in [1.82, 2.24) is 26.2 Å². The summed E-state index contributed by atoms with van der Waals surface area (Å²) >= 11 is 2.28. The topological polar surface area (TPSA) is 197 Å². The summed E-state index contributed by atoms with van der Waals surface area (Å²) in [6.07, 6.45) is 6.27. The van der Waals surface area contributed by atoms with Crippen molar-refractivity contribution in [2.24, 2.45) is 23.7 Å². The molecule has 0 aromatic rings. The zero-order chi connectivity index (χ0) is 38.1. The molecule has 14 nitrogen and oxygen atoms in total. The van der Waals surface area contributed by atoms with Gasteiger partial charge in [0.1, 0.15) is 29.9 Å². The highest BCUT2D eigenvalue weighted by Gasteiger charge is 2.41. The van der Waals surface area contributed by atoms with Gasteiger partial charge in [0.15, 0.2) is 5.12 Å². The Kier molecular flexibility index (Phi) is 14.9. The number of nitrogens with one attached hydrogen (secondary N) is 4. The van der Waals surface area contributed by atoms with E-state index in [9.17, 15) is 38.4 Å². The fourth-order valence-corrected chi connectivity index (χ4v) is 8.71. The second-order valence-electron chi connectivity index (χ2n) is 14.4. The highest BCUT2D eigenvalue weighted by atomic mass is 32.2. The average molecular weight is 762 g/mol. The largest absolute Gasteiger partial charge is 0.456 e. The van der Waals surface area contributed by atoms with Crippen molar-refractivity contribution in [3.05, 3.63) is 23.9 Å². The van der Waals surface area contributed by atoms with Crippen LogP contribution in [0.2, 0.25) is 0 Å². The Balaban J connectivity index is 1.70. The molecule has 286 valence electrons. The maximum atomic E-state index is 13.7. The SMILES string of the molecule is C/C=C1/NC(=O)[C@H]2CSC(=O)C3CCC(CC3)CN3C(=O)CC(SCC/C=C/[C@@H](CC(=O)N[C@H](C(C)C)C(=O)N2)OC(=O)[C@H](C(C)C)NC1=O)C3=O. The molecule has 1 unspecified atom stereocenters. The molecule has 16 heteroatoms. The predicted octanol–water partition coefficient (Wildman–Crippen LogP) is 1.98. The lowest BCUT2D eigenvalue weighted by Crippen LogP contribution is -2.57. The molecule has 4 aliphatic heterocycles. The molecule has 52 heavy (non-hydrogen) atoms. The Bertz CT molecular complexity index is 1470. The molecule has 5 rings (SSSR count). The van der Waals surface area contributed by atoms with Gasteiger partial charge in [-0.05, 0) is 68.6 Å². The summed E-state index contributed by atoms with van der Waals surface area (Å²) < 4.78 is 5.76. The van der Waals surface area contributed by atoms with Gasteiger partial charge in [0.25, 0.3) is 5.91 Å². The molecule has 5 aliphatic rings. The van der Waals surface area contributed by atoms with Crippen molar-refractivity contribution in [3.8, 4) is 0 Å². The normalized spacial score (nSPS) is 32.4. The van der Waals surface area contributed by atoms with Crippen LogP contribution in [0.4, 0.5) is 0 Å². The number of hydrogen-bond donors (Lipinski definition) is 4. The summed E-state index contributed by atoms with van der Waals surface area (Å²) in [5.41, 5.74) is -0.157. The number of amides is 6. The summed E-state index contributed by atoms with van der Waals surface area (Å²) in [4.78, 5) is 108. The number of thioether (sulfide) groups is 2. The maximum absolute atomic E-state index is 13.7. The minimum Gasteiger partial charge on any atom is -0.456 e. The zero-order valence-corrected chi connectivity index (χ0v) is 32.1. The van der Waals surface area contributed by atoms with Gasteiger partial charge in [-0.25, -0.2) is 4.79 Å². The number of esters is 1. The molecule has 5 atom stereocenters. The molecule has 0 spiro atoms. The Morgan fingerprint density at radius 1 is 0.865 bits per heavy atom. The van der Waals surface area contributed by atoms with Crippen LogP contribution < -0.4 is 21.3 Å². The third kappa shape index (κ3) is 10.9. The van der Waals surface area contributed by atoms with Gasteiger partial charge in [0, 0.05) is 24.6 Å². The Morgan fingerprint density at radius 3 is 2.21 bits per heavy atom. The second kappa shape index (κ2) is 18.9. The van der Waals surface area contributed by atoms with Gasteiger partial charge < -0.3 is 26.0 Å². The first-order valence-corrected chi connectivity index (χ1v) is 20.1. The Labute approximate surface area is 313 Å². The molecule has 0 aromatic heterocycles. The van der Waals surface area contributed by atoms with Crippen LogP contribution >= 0.6 is 23.5 Å². The van der Waals surface area contributed by atoms with E-state index in [2.05, 4.69) is 21.3 Å². The number of nitrogens with zero attached hydrogens (tertiary/aromatic N) is 1. The number of imide groups is 1. The van der Waals surface area contributed by atoms with Gasteiger partial charge in [-0.15, -0.1) is 11.8 Å². The van der Waals surface area contributed by atoms with Crippen molar-refractivity contribution in [2.75, 3.05) is 18.1 Å². The Hall–Kier alpha value is -3.66. The van der Waals surface area contributed by atoms with E-state index in [1.807, 2.05) is 0 Å². The summed E-state index contributed by atoms with van der Waals surface area (Å²) in [6.45, 7) is 8.74. The van der Waals surface area contributed by atoms with Crippen LogP contribution in [0.5, 0.6) is 0 Å². The van der Waals surface area contributed by atoms with Crippen LogP contribution in [0.1, 0.15) is 79.6 Å². The predicted molar refractivity (Wildman–Crippen MR) is 196 cm³/mol. The quantitative estimate of drug-likeness (QED) is 0.139. The molecular weight excluding hydrogens is 711 g/mol. The van der Waals surface area contributed by atoms with E-state index < -0.39 is 70.9 Å². The molecule has 6 amide bonds. The fourth-order valence-electron chi connectivity index (χ4n) is 6.59. The second-order valence-corrected chi connectivity index (χ2v) is 16.7. The van der Waals surface area contributed by atoms with Crippen molar-refractivity contribution in [2.45, 2.75) is 109 Å². The number of allylic oxidation sites excluding steroid dienone is 2. The highest BCUT2D eigenvalue weighted by molar-refractivity contribution is 8.13. The highest BCUT2D eigenvalue weighted by Crippen LogP contribution is 2.34. The van der Waals surface area contributed by atoms with Gasteiger partial charge in [0.2, 0.25) is 29.5 Å². The summed E-state index contributed by atoms with van der Waals surface area (Å²) in [7, 11) is 0. The van der Waals surface area contributed by atoms with Crippen molar-refractivity contribution in [3.63, 3.8) is 0 Å². The molecule has 4 heterocycles. The number of hydrogen-bond acceptors (Lipinski definition) is 11. The van der Waals surface area contributed by atoms with E-state index in [0.717, 1.165) is 11.8 Å². The molecule has 3 fully saturated rings. The molecule has 2 saturated heterocycles. The van der Waals surface area contributed by atoms with Gasteiger partial charge in [0.05, 0.1) is 11.7 Å². The van der Waals surface area contributed by atoms with Crippen LogP contribution in [-0.2, 0) is 43.1 Å². The third-order valence-electron chi connectivity index (χ3n) is 9.72. The van der Waals surface area contributed by atoms with Gasteiger partial charge in [-0.3, -0.25) is 38.5 Å². The summed E-state index contributed by atoms with van der Waals surface area (Å²) in [5, 5.41) is 9.95. The van der Waals surface area contributed by atoms with Crippen LogP contribution in [0, 0.1) is 23.7 Å². The van der Waals surface area contributed by atoms with Crippen molar-refractivity contribution >= 4 is 70.1 Å². The van der Waals surface area contributed by atoms with E-state index in [0.29, 0.717) is 44.4 Å². The van der Waals surface area contributed by atoms with Crippen LogP contribution in [0.3, 0.4) is 0 Å². The number of ether oxygens (including phenoxy) is 1. The summed E-state index contributed by atoms with van der Waals surface area (Å²) in [6, 6.07) is -3.49. The first kappa shape index (κ1) is 41.1. The Morgan fingerprint density at radius 2 is 1.56 bits per heavy atom. The lowest BCUT2D eigenvalue weighted by molar-refractivity contribution is -0.153. The van der Waals surface area contributed by atoms with E-state index >= 15 is 0 Å². The summed E-state index contributed by atoms with van der Waals surface area (Å²) in [5.74, 6) is -4.69. The van der Waals surface area contributed by atoms with Gasteiger partial charge >= 0.3 is 5.97 Å². The number of rotatable bonds is 2. The van der Waals surface area contributed by atoms with E-state index in [1.165, 1.54) is 29.7 Å². The lowest BCUT2D eigenvalue weighted by atomic mass is 9.82. The smallest absolute Gasteiger partial charge is 0.329 e. The average Bonchev–Trinajstić information content (AvgIpc) is 3.35. The molecule has 1 saturated carbocycles. The minimum absolute atomic E-state index is 0.0825. The van der Waals surface area contributed by atoms with Crippen molar-refractivity contribution in [1.29, 1.82) is 0 Å². The van der Waals surface area contributed by atoms with E-state index in [1.54, 1.807) is 39.8 Å². The first-order chi connectivity index (χ1) is 24.7. The number of carbonyl (C=O) groups excluding carboxylic acids is 8. The number of carbonyl (C=O) groups is 8.